The number of rotatable bonds is 5. The highest BCUT2D eigenvalue weighted by molar-refractivity contribution is 6.15. The molecule has 1 fully saturated rings. The number of fused-ring (bicyclic) bond motifs is 3. The lowest BCUT2D eigenvalue weighted by molar-refractivity contribution is 0.127. The number of hydrogen-bond acceptors (Lipinski definition) is 9. The maximum atomic E-state index is 6.36. The quantitative estimate of drug-likeness (QED) is 0.523. The molecule has 2 heterocycles. The van der Waals surface area contributed by atoms with Gasteiger partial charge in [0.2, 0.25) is 0 Å². The normalized spacial score (nSPS) is 21.9. The zero-order valence-corrected chi connectivity index (χ0v) is 20.7. The van der Waals surface area contributed by atoms with E-state index < -0.39 is 5.41 Å². The van der Waals surface area contributed by atoms with Crippen LogP contribution in [-0.4, -0.2) is 33.0 Å². The number of aryl methyl sites for hydroxylation is 2. The van der Waals surface area contributed by atoms with Gasteiger partial charge < -0.3 is 25.6 Å². The predicted molar refractivity (Wildman–Crippen MR) is 133 cm³/mol. The van der Waals surface area contributed by atoms with Gasteiger partial charge in [-0.2, -0.15) is 0 Å². The lowest BCUT2D eigenvalue weighted by Crippen LogP contribution is -2.36. The molecule has 0 aliphatic heterocycles. The molecule has 9 heteroatoms. The lowest BCUT2D eigenvalue weighted by atomic mass is 9.70. The van der Waals surface area contributed by atoms with E-state index in [0.717, 1.165) is 76.5 Å². The Morgan fingerprint density at radius 3 is 2.60 bits per heavy atom. The fourth-order valence-electron chi connectivity index (χ4n) is 5.11. The summed E-state index contributed by atoms with van der Waals surface area (Å²) >= 11 is 0. The summed E-state index contributed by atoms with van der Waals surface area (Å²) < 4.78 is 11.6. The van der Waals surface area contributed by atoms with Crippen LogP contribution in [0.3, 0.4) is 0 Å². The van der Waals surface area contributed by atoms with E-state index in [1.807, 2.05) is 32.0 Å². The van der Waals surface area contributed by atoms with Crippen molar-refractivity contribution in [1.29, 1.82) is 0 Å². The highest BCUT2D eigenvalue weighted by Gasteiger charge is 2.41. The van der Waals surface area contributed by atoms with E-state index in [9.17, 15) is 0 Å². The zero-order valence-electron chi connectivity index (χ0n) is 20.7. The maximum Gasteiger partial charge on any atom is 0.147 e. The molecule has 0 saturated heterocycles. The molecule has 0 bridgehead atoms. The van der Waals surface area contributed by atoms with Gasteiger partial charge in [0, 0.05) is 28.1 Å². The van der Waals surface area contributed by atoms with Crippen molar-refractivity contribution in [2.45, 2.75) is 77.5 Å². The topological polar surface area (TPSA) is 135 Å². The molecule has 0 spiro atoms. The van der Waals surface area contributed by atoms with Gasteiger partial charge in [0.1, 0.15) is 30.3 Å². The van der Waals surface area contributed by atoms with Gasteiger partial charge in [0.25, 0.3) is 0 Å². The van der Waals surface area contributed by atoms with E-state index in [0.29, 0.717) is 5.82 Å². The van der Waals surface area contributed by atoms with Crippen molar-refractivity contribution in [2.24, 2.45) is 10.9 Å². The van der Waals surface area contributed by atoms with Crippen molar-refractivity contribution in [3.05, 3.63) is 52.7 Å². The molecule has 4 N–H and O–H groups in total. The second kappa shape index (κ2) is 8.96. The zero-order chi connectivity index (χ0) is 24.7. The molecular weight excluding hydrogens is 444 g/mol. The largest absolute Gasteiger partial charge is 0.490 e. The molecule has 2 aromatic heterocycles. The van der Waals surface area contributed by atoms with Gasteiger partial charge in [-0.1, -0.05) is 10.3 Å². The lowest BCUT2D eigenvalue weighted by Gasteiger charge is -2.35. The van der Waals surface area contributed by atoms with E-state index in [1.54, 1.807) is 0 Å². The molecule has 0 atom stereocenters. The summed E-state index contributed by atoms with van der Waals surface area (Å²) in [6.07, 6.45) is 5.53. The molecule has 1 aromatic carbocycles. The van der Waals surface area contributed by atoms with Crippen LogP contribution < -0.4 is 16.2 Å². The molecule has 5 rings (SSSR count). The average Bonchev–Trinajstić information content (AvgIpc) is 3.14. The second-order valence-electron chi connectivity index (χ2n) is 9.99. The smallest absolute Gasteiger partial charge is 0.147 e. The Morgan fingerprint density at radius 2 is 1.89 bits per heavy atom. The Kier molecular flexibility index (Phi) is 5.96. The Labute approximate surface area is 204 Å². The SMILES string of the molecule is Cc1noc(C)c1CO/N=C1\c2cc(O[C@H]3CC[C@H](N)CC3)ccc2-c2ncnc(N)c2C1(C)C. The summed E-state index contributed by atoms with van der Waals surface area (Å²) in [5.41, 5.74) is 17.7. The van der Waals surface area contributed by atoms with Crippen LogP contribution in [0, 0.1) is 13.8 Å². The molecule has 0 unspecified atom stereocenters. The molecular formula is C26H32N6O3. The molecule has 9 nitrogen and oxygen atoms in total. The number of nitrogens with zero attached hydrogens (tertiary/aromatic N) is 4. The fraction of sp³-hybridized carbons (Fsp3) is 0.462. The van der Waals surface area contributed by atoms with Gasteiger partial charge in [-0.15, -0.1) is 0 Å². The van der Waals surface area contributed by atoms with Crippen molar-refractivity contribution in [3.8, 4) is 17.0 Å². The molecule has 0 amide bonds. The summed E-state index contributed by atoms with van der Waals surface area (Å²) in [5.74, 6) is 1.95. The number of aromatic nitrogens is 3. The first kappa shape index (κ1) is 23.3. The van der Waals surface area contributed by atoms with Crippen LogP contribution in [0.15, 0.2) is 34.2 Å². The first-order chi connectivity index (χ1) is 16.8. The van der Waals surface area contributed by atoms with Gasteiger partial charge in [-0.3, -0.25) is 0 Å². The van der Waals surface area contributed by atoms with Crippen molar-refractivity contribution in [1.82, 2.24) is 15.1 Å². The Morgan fingerprint density at radius 1 is 1.11 bits per heavy atom. The third-order valence-corrected chi connectivity index (χ3v) is 7.16. The Hall–Kier alpha value is -3.46. The molecule has 3 aromatic rings. The fourth-order valence-corrected chi connectivity index (χ4v) is 5.11. The van der Waals surface area contributed by atoms with E-state index in [-0.39, 0.29) is 18.8 Å². The van der Waals surface area contributed by atoms with Crippen LogP contribution >= 0.6 is 0 Å². The number of anilines is 1. The highest BCUT2D eigenvalue weighted by Crippen LogP contribution is 2.45. The molecule has 2 aliphatic carbocycles. The summed E-state index contributed by atoms with van der Waals surface area (Å²) in [6, 6.07) is 6.30. The van der Waals surface area contributed by atoms with Crippen LogP contribution in [-0.2, 0) is 16.9 Å². The molecule has 184 valence electrons. The minimum atomic E-state index is -0.595. The van der Waals surface area contributed by atoms with E-state index in [4.69, 9.17) is 25.6 Å². The second-order valence-corrected chi connectivity index (χ2v) is 9.99. The first-order valence-corrected chi connectivity index (χ1v) is 12.1. The third kappa shape index (κ3) is 4.25. The van der Waals surface area contributed by atoms with Gasteiger partial charge >= 0.3 is 0 Å². The van der Waals surface area contributed by atoms with E-state index in [1.165, 1.54) is 6.33 Å². The van der Waals surface area contributed by atoms with Crippen LogP contribution in [0.5, 0.6) is 5.75 Å². The summed E-state index contributed by atoms with van der Waals surface area (Å²) in [7, 11) is 0. The van der Waals surface area contributed by atoms with Crippen LogP contribution in [0.4, 0.5) is 5.82 Å². The van der Waals surface area contributed by atoms with Gasteiger partial charge in [-0.25, -0.2) is 9.97 Å². The van der Waals surface area contributed by atoms with Crippen LogP contribution in [0.25, 0.3) is 11.3 Å². The predicted octanol–water partition coefficient (Wildman–Crippen LogP) is 4.19. The minimum absolute atomic E-state index is 0.158. The number of benzene rings is 1. The number of ether oxygens (including phenoxy) is 1. The monoisotopic (exact) mass is 476 g/mol. The van der Waals surface area contributed by atoms with Gasteiger partial charge in [0.05, 0.1) is 28.8 Å². The minimum Gasteiger partial charge on any atom is -0.490 e. The third-order valence-electron chi connectivity index (χ3n) is 7.16. The van der Waals surface area contributed by atoms with Crippen LogP contribution in [0.1, 0.15) is 67.7 Å². The van der Waals surface area contributed by atoms with Crippen molar-refractivity contribution in [2.75, 3.05) is 5.73 Å². The standard InChI is InChI=1S/C26H32N6O3/c1-14-21(15(2)35-31-14)12-33-32-24-20-11-18(34-17-7-5-16(27)6-8-17)9-10-19(20)23-22(26(24,3)4)25(28)30-13-29-23/h9-11,13,16-17H,5-8,12,27H2,1-4H3,(H2,28,29,30)/b32-24+/t16-,17-. The molecule has 2 aliphatic rings. The van der Waals surface area contributed by atoms with E-state index >= 15 is 0 Å². The van der Waals surface area contributed by atoms with Gasteiger partial charge in [0.15, 0.2) is 0 Å². The summed E-state index contributed by atoms with van der Waals surface area (Å²) in [4.78, 5) is 14.7. The molecule has 1 saturated carbocycles. The Bertz CT molecular complexity index is 1250. The summed E-state index contributed by atoms with van der Waals surface area (Å²) in [5, 5.41) is 8.63. The number of hydrogen-bond donors (Lipinski definition) is 2. The highest BCUT2D eigenvalue weighted by atomic mass is 16.6. The average molecular weight is 477 g/mol. The first-order valence-electron chi connectivity index (χ1n) is 12.1. The summed E-state index contributed by atoms with van der Waals surface area (Å²) in [6.45, 7) is 8.12. The van der Waals surface area contributed by atoms with Gasteiger partial charge in [-0.05, 0) is 71.6 Å². The van der Waals surface area contributed by atoms with Crippen molar-refractivity contribution in [3.63, 3.8) is 0 Å². The van der Waals surface area contributed by atoms with Crippen molar-refractivity contribution >= 4 is 11.5 Å². The number of nitrogen functional groups attached to an aromatic ring is 1. The number of nitrogens with two attached hydrogens (primary N) is 2. The van der Waals surface area contributed by atoms with E-state index in [2.05, 4.69) is 34.1 Å². The number of oxime groups is 1. The Balaban J connectivity index is 1.53. The van der Waals surface area contributed by atoms with Crippen molar-refractivity contribution < 1.29 is 14.1 Å². The maximum absolute atomic E-state index is 6.36. The molecule has 35 heavy (non-hydrogen) atoms. The molecule has 0 radical (unpaired) electrons. The van der Waals surface area contributed by atoms with Crippen LogP contribution in [0.2, 0.25) is 0 Å².